The maximum atomic E-state index is 12.6. The lowest BCUT2D eigenvalue weighted by atomic mass is 9.79. The van der Waals surface area contributed by atoms with E-state index in [2.05, 4.69) is 34.9 Å². The van der Waals surface area contributed by atoms with Gasteiger partial charge < -0.3 is 20.5 Å². The van der Waals surface area contributed by atoms with Gasteiger partial charge in [0.25, 0.3) is 0 Å². The highest BCUT2D eigenvalue weighted by Crippen LogP contribution is 2.44. The van der Waals surface area contributed by atoms with E-state index in [-0.39, 0.29) is 42.4 Å². The number of alkyl carbamates (subject to hydrolysis) is 1. The van der Waals surface area contributed by atoms with Crippen LogP contribution in [0.5, 0.6) is 0 Å². The predicted octanol–water partition coefficient (Wildman–Crippen LogP) is 4.06. The number of nitrogens with one attached hydrogen (secondary N) is 2. The molecule has 0 heterocycles. The number of rotatable bonds is 6. The molecule has 2 fully saturated rings. The molecule has 34 heavy (non-hydrogen) atoms. The molecule has 0 spiro atoms. The summed E-state index contributed by atoms with van der Waals surface area (Å²) in [6.45, 7) is 0.267. The zero-order valence-corrected chi connectivity index (χ0v) is 19.0. The summed E-state index contributed by atoms with van der Waals surface area (Å²) in [4.78, 5) is 36.2. The Balaban J connectivity index is 1.12. The highest BCUT2D eigenvalue weighted by atomic mass is 16.5. The topological polar surface area (TPSA) is 105 Å². The summed E-state index contributed by atoms with van der Waals surface area (Å²) < 4.78 is 5.66. The number of hydrogen-bond acceptors (Lipinski definition) is 4. The third kappa shape index (κ3) is 4.52. The minimum absolute atomic E-state index is 0.0140. The standard InChI is InChI=1S/C27H30N2O5/c30-25(28-19-13-17(14-19)26(31)32)16-6-5-7-18(12-16)29-27(33)34-15-24-22-10-3-1-8-20(22)21-9-2-4-11-23(21)24/h1-4,8-11,16-19,24H,5-7,12-15H2,(H,28,30)(H,29,33)(H,31,32)/t16-,17?,18+,19?/m1/s1. The van der Waals surface area contributed by atoms with Gasteiger partial charge in [0, 0.05) is 23.9 Å². The van der Waals surface area contributed by atoms with Crippen molar-refractivity contribution in [1.82, 2.24) is 10.6 Å². The largest absolute Gasteiger partial charge is 0.481 e. The first kappa shape index (κ1) is 22.4. The number of benzene rings is 2. The van der Waals surface area contributed by atoms with Crippen LogP contribution in [0.1, 0.15) is 55.6 Å². The van der Waals surface area contributed by atoms with Crippen LogP contribution in [0.15, 0.2) is 48.5 Å². The van der Waals surface area contributed by atoms with E-state index in [0.29, 0.717) is 19.3 Å². The van der Waals surface area contributed by atoms with E-state index < -0.39 is 12.1 Å². The van der Waals surface area contributed by atoms with E-state index in [1.165, 1.54) is 22.3 Å². The summed E-state index contributed by atoms with van der Waals surface area (Å²) in [5, 5.41) is 14.9. The lowest BCUT2D eigenvalue weighted by molar-refractivity contribution is -0.146. The van der Waals surface area contributed by atoms with Gasteiger partial charge in [-0.05, 0) is 54.4 Å². The molecule has 3 aliphatic rings. The van der Waals surface area contributed by atoms with E-state index in [1.54, 1.807) is 0 Å². The van der Waals surface area contributed by atoms with E-state index in [1.807, 2.05) is 24.3 Å². The SMILES string of the molecule is O=C(N[C@H]1CCC[C@@H](C(=O)NC2CC(C(=O)O)C2)C1)OCC1c2ccccc2-c2ccccc21. The van der Waals surface area contributed by atoms with Crippen LogP contribution in [0.4, 0.5) is 4.79 Å². The molecule has 2 saturated carbocycles. The Morgan fingerprint density at radius 3 is 2.09 bits per heavy atom. The number of aliphatic carboxylic acids is 1. The summed E-state index contributed by atoms with van der Waals surface area (Å²) in [5.74, 6) is -1.33. The van der Waals surface area contributed by atoms with Crippen molar-refractivity contribution in [2.24, 2.45) is 11.8 Å². The average Bonchev–Trinajstić information content (AvgIpc) is 3.13. The Labute approximate surface area is 198 Å². The van der Waals surface area contributed by atoms with Crippen LogP contribution >= 0.6 is 0 Å². The van der Waals surface area contributed by atoms with Crippen LogP contribution in [-0.4, -0.2) is 41.8 Å². The van der Waals surface area contributed by atoms with Crippen molar-refractivity contribution < 1.29 is 24.2 Å². The number of carboxylic acids is 1. The molecule has 3 aliphatic carbocycles. The highest BCUT2D eigenvalue weighted by molar-refractivity contribution is 5.80. The molecule has 0 unspecified atom stereocenters. The second-order valence-electron chi connectivity index (χ2n) is 9.74. The van der Waals surface area contributed by atoms with Crippen LogP contribution in [0, 0.1) is 11.8 Å². The van der Waals surface area contributed by atoms with Gasteiger partial charge in [-0.1, -0.05) is 55.0 Å². The van der Waals surface area contributed by atoms with E-state index >= 15 is 0 Å². The first-order valence-electron chi connectivity index (χ1n) is 12.1. The predicted molar refractivity (Wildman–Crippen MR) is 126 cm³/mol. The smallest absolute Gasteiger partial charge is 0.407 e. The van der Waals surface area contributed by atoms with Crippen LogP contribution in [-0.2, 0) is 14.3 Å². The number of fused-ring (bicyclic) bond motifs is 3. The first-order valence-corrected chi connectivity index (χ1v) is 12.1. The minimum atomic E-state index is -0.796. The quantitative estimate of drug-likeness (QED) is 0.600. The maximum Gasteiger partial charge on any atom is 0.407 e. The normalized spacial score (nSPS) is 25.4. The van der Waals surface area contributed by atoms with E-state index in [4.69, 9.17) is 9.84 Å². The monoisotopic (exact) mass is 462 g/mol. The number of ether oxygens (including phenoxy) is 1. The fourth-order valence-electron chi connectivity index (χ4n) is 5.62. The number of hydrogen-bond donors (Lipinski definition) is 3. The van der Waals surface area contributed by atoms with Gasteiger partial charge in [0.05, 0.1) is 5.92 Å². The van der Waals surface area contributed by atoms with E-state index in [0.717, 1.165) is 19.3 Å². The van der Waals surface area contributed by atoms with Crippen LogP contribution in [0.25, 0.3) is 11.1 Å². The molecule has 7 heteroatoms. The fourth-order valence-corrected chi connectivity index (χ4v) is 5.62. The van der Waals surface area contributed by atoms with E-state index in [9.17, 15) is 14.4 Å². The molecule has 5 rings (SSSR count). The molecule has 0 aromatic heterocycles. The zero-order chi connectivity index (χ0) is 23.7. The van der Waals surface area contributed by atoms with Crippen LogP contribution in [0.2, 0.25) is 0 Å². The molecular weight excluding hydrogens is 432 g/mol. The fraction of sp³-hybridized carbons (Fsp3) is 0.444. The van der Waals surface area contributed by atoms with Gasteiger partial charge in [-0.25, -0.2) is 4.79 Å². The number of carbonyl (C=O) groups is 3. The van der Waals surface area contributed by atoms with Crippen molar-refractivity contribution in [1.29, 1.82) is 0 Å². The maximum absolute atomic E-state index is 12.6. The Morgan fingerprint density at radius 2 is 1.44 bits per heavy atom. The molecule has 2 aromatic rings. The summed E-state index contributed by atoms with van der Waals surface area (Å²) in [6.07, 6.45) is 3.57. The minimum Gasteiger partial charge on any atom is -0.481 e. The molecule has 0 bridgehead atoms. The molecule has 0 radical (unpaired) electrons. The molecule has 2 amide bonds. The van der Waals surface area contributed by atoms with Gasteiger partial charge >= 0.3 is 12.1 Å². The van der Waals surface area contributed by atoms with Crippen LogP contribution in [0.3, 0.4) is 0 Å². The molecule has 178 valence electrons. The lowest BCUT2D eigenvalue weighted by Crippen LogP contribution is -2.50. The van der Waals surface area contributed by atoms with Crippen molar-refractivity contribution in [2.45, 2.75) is 56.5 Å². The molecule has 7 nitrogen and oxygen atoms in total. The zero-order valence-electron chi connectivity index (χ0n) is 19.0. The Morgan fingerprint density at radius 1 is 0.824 bits per heavy atom. The van der Waals surface area contributed by atoms with Gasteiger partial charge in [-0.3, -0.25) is 9.59 Å². The summed E-state index contributed by atoms with van der Waals surface area (Å²) in [5.41, 5.74) is 4.72. The molecule has 0 aliphatic heterocycles. The molecule has 2 aromatic carbocycles. The average molecular weight is 463 g/mol. The first-order chi connectivity index (χ1) is 16.5. The van der Waals surface area contributed by atoms with Gasteiger partial charge in [-0.2, -0.15) is 0 Å². The second kappa shape index (κ2) is 9.49. The second-order valence-corrected chi connectivity index (χ2v) is 9.74. The number of amides is 2. The Hall–Kier alpha value is -3.35. The van der Waals surface area contributed by atoms with Crippen molar-refractivity contribution in [3.63, 3.8) is 0 Å². The van der Waals surface area contributed by atoms with Crippen molar-refractivity contribution >= 4 is 18.0 Å². The van der Waals surface area contributed by atoms with Crippen LogP contribution < -0.4 is 10.6 Å². The van der Waals surface area contributed by atoms with Gasteiger partial charge in [0.15, 0.2) is 0 Å². The summed E-state index contributed by atoms with van der Waals surface area (Å²) in [7, 11) is 0. The van der Waals surface area contributed by atoms with Crippen molar-refractivity contribution in [3.05, 3.63) is 59.7 Å². The summed E-state index contributed by atoms with van der Waals surface area (Å²) in [6, 6.07) is 16.3. The Kier molecular flexibility index (Phi) is 6.26. The molecule has 3 N–H and O–H groups in total. The van der Waals surface area contributed by atoms with Crippen molar-refractivity contribution in [3.8, 4) is 11.1 Å². The summed E-state index contributed by atoms with van der Waals surface area (Å²) >= 11 is 0. The third-order valence-electron chi connectivity index (χ3n) is 7.54. The molecule has 0 saturated heterocycles. The lowest BCUT2D eigenvalue weighted by Gasteiger charge is -2.35. The number of carboxylic acid groups (broad SMARTS) is 1. The van der Waals surface area contributed by atoms with Gasteiger partial charge in [0.1, 0.15) is 6.61 Å². The van der Waals surface area contributed by atoms with Gasteiger partial charge in [0.2, 0.25) is 5.91 Å². The molecular formula is C27H30N2O5. The molecule has 2 atom stereocenters. The number of carbonyl (C=O) groups excluding carboxylic acids is 2. The Bertz CT molecular complexity index is 1050. The van der Waals surface area contributed by atoms with Gasteiger partial charge in [-0.15, -0.1) is 0 Å². The van der Waals surface area contributed by atoms with Crippen molar-refractivity contribution in [2.75, 3.05) is 6.61 Å². The highest BCUT2D eigenvalue weighted by Gasteiger charge is 2.37. The third-order valence-corrected chi connectivity index (χ3v) is 7.54.